The Labute approximate surface area is 64.5 Å². The quantitative estimate of drug-likeness (QED) is 0.512. The molecule has 1 aromatic heterocycles. The summed E-state index contributed by atoms with van der Waals surface area (Å²) >= 11 is 0. The van der Waals surface area contributed by atoms with Crippen LogP contribution in [0, 0.1) is 11.8 Å². The highest BCUT2D eigenvalue weighted by Gasteiger charge is 1.96. The maximum atomic E-state index is 10.9. The molecule has 11 heavy (non-hydrogen) atoms. The van der Waals surface area contributed by atoms with Crippen LogP contribution in [0.15, 0.2) is 11.1 Å². The minimum Gasteiger partial charge on any atom is -0.272 e. The normalized spacial score (nSPS) is 8.91. The third-order valence-electron chi connectivity index (χ3n) is 1.34. The molecule has 0 spiro atoms. The molecule has 1 heterocycles. The van der Waals surface area contributed by atoms with Gasteiger partial charge in [-0.15, -0.1) is 5.92 Å². The molecule has 0 saturated carbocycles. The van der Waals surface area contributed by atoms with Gasteiger partial charge in [-0.05, 0) is 6.92 Å². The van der Waals surface area contributed by atoms with E-state index in [2.05, 4.69) is 16.8 Å². The van der Waals surface area contributed by atoms with Crippen molar-refractivity contribution in [2.24, 2.45) is 7.05 Å². The molecule has 0 fully saturated rings. The van der Waals surface area contributed by atoms with Gasteiger partial charge in [-0.25, -0.2) is 9.48 Å². The van der Waals surface area contributed by atoms with E-state index in [0.29, 0.717) is 6.54 Å². The maximum Gasteiger partial charge on any atom is 0.364 e. The second kappa shape index (κ2) is 3.06. The van der Waals surface area contributed by atoms with Crippen LogP contribution in [0.3, 0.4) is 0 Å². The average molecular weight is 151 g/mol. The minimum absolute atomic E-state index is 0.254. The highest BCUT2D eigenvalue weighted by Crippen LogP contribution is 1.76. The van der Waals surface area contributed by atoms with Crippen LogP contribution in [0.2, 0.25) is 0 Å². The van der Waals surface area contributed by atoms with Crippen molar-refractivity contribution in [3.63, 3.8) is 0 Å². The summed E-state index contributed by atoms with van der Waals surface area (Å²) in [5.74, 6) is 5.49. The summed E-state index contributed by atoms with van der Waals surface area (Å²) < 4.78 is 3.07. The van der Waals surface area contributed by atoms with Crippen molar-refractivity contribution in [1.29, 1.82) is 0 Å². The van der Waals surface area contributed by atoms with Gasteiger partial charge in [0.15, 0.2) is 0 Å². The third-order valence-corrected chi connectivity index (χ3v) is 1.34. The summed E-state index contributed by atoms with van der Waals surface area (Å²) in [6.07, 6.45) is 1.47. The van der Waals surface area contributed by atoms with Crippen LogP contribution < -0.4 is 5.69 Å². The first-order valence-electron chi connectivity index (χ1n) is 3.23. The molecule has 0 N–H and O–H groups in total. The zero-order valence-electron chi connectivity index (χ0n) is 6.53. The number of hydrogen-bond donors (Lipinski definition) is 0. The predicted octanol–water partition coefficient (Wildman–Crippen LogP) is -0.395. The van der Waals surface area contributed by atoms with Crippen LogP contribution in [-0.4, -0.2) is 14.3 Å². The lowest BCUT2D eigenvalue weighted by atomic mass is 10.6. The Kier molecular flexibility index (Phi) is 2.12. The summed E-state index contributed by atoms with van der Waals surface area (Å²) in [5.41, 5.74) is -0.254. The lowest BCUT2D eigenvalue weighted by molar-refractivity contribution is 0.549. The first-order chi connectivity index (χ1) is 5.25. The average Bonchev–Trinajstić information content (AvgIpc) is 2.29. The Bertz CT molecular complexity index is 350. The van der Waals surface area contributed by atoms with Gasteiger partial charge in [0.2, 0.25) is 0 Å². The Morgan fingerprint density at radius 2 is 2.45 bits per heavy atom. The van der Waals surface area contributed by atoms with E-state index < -0.39 is 0 Å². The molecule has 0 aliphatic carbocycles. The number of rotatable bonds is 1. The van der Waals surface area contributed by atoms with Crippen LogP contribution in [0.4, 0.5) is 0 Å². The molecule has 0 bridgehead atoms. The van der Waals surface area contributed by atoms with Crippen molar-refractivity contribution in [3.8, 4) is 11.8 Å². The molecule has 0 atom stereocenters. The van der Waals surface area contributed by atoms with Gasteiger partial charge in [0.05, 0.1) is 0 Å². The first-order valence-corrected chi connectivity index (χ1v) is 3.23. The van der Waals surface area contributed by atoms with E-state index in [1.165, 1.54) is 11.0 Å². The van der Waals surface area contributed by atoms with E-state index in [0.717, 1.165) is 0 Å². The van der Waals surface area contributed by atoms with Crippen molar-refractivity contribution in [3.05, 3.63) is 16.8 Å². The van der Waals surface area contributed by atoms with Crippen molar-refractivity contribution in [2.45, 2.75) is 13.5 Å². The van der Waals surface area contributed by atoms with Gasteiger partial charge in [-0.1, -0.05) is 5.92 Å². The molecule has 0 radical (unpaired) electrons. The zero-order valence-corrected chi connectivity index (χ0v) is 6.53. The standard InChI is InChI=1S/C7H9N3O/c1-3-4-5-10-7(11)8-6-9(10)2/h6H,5H2,1-2H3. The lowest BCUT2D eigenvalue weighted by Crippen LogP contribution is -2.21. The molecule has 1 aromatic rings. The topological polar surface area (TPSA) is 39.8 Å². The van der Waals surface area contributed by atoms with Crippen molar-refractivity contribution < 1.29 is 0 Å². The second-order valence-corrected chi connectivity index (χ2v) is 2.09. The van der Waals surface area contributed by atoms with Crippen LogP contribution in [0.1, 0.15) is 6.92 Å². The van der Waals surface area contributed by atoms with Crippen molar-refractivity contribution in [2.75, 3.05) is 0 Å². The Hall–Kier alpha value is -1.50. The number of aromatic nitrogens is 3. The molecule has 0 amide bonds. The SMILES string of the molecule is CC#CCn1c(=O)ncn1C. The molecule has 58 valence electrons. The molecule has 0 aromatic carbocycles. The second-order valence-electron chi connectivity index (χ2n) is 2.09. The predicted molar refractivity (Wildman–Crippen MR) is 40.9 cm³/mol. The summed E-state index contributed by atoms with van der Waals surface area (Å²) in [6, 6.07) is 0. The minimum atomic E-state index is -0.254. The highest BCUT2D eigenvalue weighted by molar-refractivity contribution is 4.94. The molecule has 1 rings (SSSR count). The van der Waals surface area contributed by atoms with Crippen molar-refractivity contribution in [1.82, 2.24) is 14.3 Å². The summed E-state index contributed by atoms with van der Waals surface area (Å²) in [7, 11) is 1.76. The number of nitrogens with zero attached hydrogens (tertiary/aromatic N) is 3. The monoisotopic (exact) mass is 151 g/mol. The number of hydrogen-bond acceptors (Lipinski definition) is 2. The van der Waals surface area contributed by atoms with Crippen LogP contribution in [0.5, 0.6) is 0 Å². The third kappa shape index (κ3) is 1.49. The molecule has 0 saturated heterocycles. The number of aryl methyl sites for hydroxylation is 1. The first kappa shape index (κ1) is 7.61. The van der Waals surface area contributed by atoms with E-state index in [-0.39, 0.29) is 5.69 Å². The molecule has 0 aliphatic heterocycles. The summed E-state index contributed by atoms with van der Waals surface area (Å²) in [6.45, 7) is 2.15. The highest BCUT2D eigenvalue weighted by atomic mass is 16.2. The fourth-order valence-electron chi connectivity index (χ4n) is 0.730. The van der Waals surface area contributed by atoms with Gasteiger partial charge in [0, 0.05) is 7.05 Å². The van der Waals surface area contributed by atoms with Crippen molar-refractivity contribution >= 4 is 0 Å². The van der Waals surface area contributed by atoms with Gasteiger partial charge in [-0.3, -0.25) is 4.68 Å². The van der Waals surface area contributed by atoms with Gasteiger partial charge in [0.1, 0.15) is 12.9 Å². The van der Waals surface area contributed by atoms with E-state index in [1.807, 2.05) is 0 Å². The van der Waals surface area contributed by atoms with Gasteiger partial charge < -0.3 is 0 Å². The molecular formula is C7H9N3O. The fraction of sp³-hybridized carbons (Fsp3) is 0.429. The van der Waals surface area contributed by atoms with E-state index in [1.54, 1.807) is 18.7 Å². The van der Waals surface area contributed by atoms with Crippen LogP contribution in [0.25, 0.3) is 0 Å². The Balaban J connectivity index is 2.98. The fourth-order valence-corrected chi connectivity index (χ4v) is 0.730. The van der Waals surface area contributed by atoms with E-state index >= 15 is 0 Å². The summed E-state index contributed by atoms with van der Waals surface area (Å²) in [4.78, 5) is 14.5. The van der Waals surface area contributed by atoms with Gasteiger partial charge in [0.25, 0.3) is 0 Å². The molecule has 0 unspecified atom stereocenters. The molecule has 4 nitrogen and oxygen atoms in total. The van der Waals surface area contributed by atoms with Gasteiger partial charge >= 0.3 is 5.69 Å². The largest absolute Gasteiger partial charge is 0.364 e. The molecule has 4 heteroatoms. The summed E-state index contributed by atoms with van der Waals surface area (Å²) in [5, 5.41) is 0. The van der Waals surface area contributed by atoms with Gasteiger partial charge in [-0.2, -0.15) is 4.98 Å². The smallest absolute Gasteiger partial charge is 0.272 e. The van der Waals surface area contributed by atoms with E-state index in [4.69, 9.17) is 0 Å². The van der Waals surface area contributed by atoms with Crippen LogP contribution >= 0.6 is 0 Å². The Morgan fingerprint density at radius 1 is 1.73 bits per heavy atom. The Morgan fingerprint density at radius 3 is 2.91 bits per heavy atom. The maximum absolute atomic E-state index is 10.9. The lowest BCUT2D eigenvalue weighted by Gasteiger charge is -1.98. The molecular weight excluding hydrogens is 142 g/mol. The van der Waals surface area contributed by atoms with E-state index in [9.17, 15) is 4.79 Å². The van der Waals surface area contributed by atoms with Crippen LogP contribution in [-0.2, 0) is 13.6 Å². The molecule has 0 aliphatic rings. The zero-order chi connectivity index (χ0) is 8.27.